The topological polar surface area (TPSA) is 67.9 Å². The molecule has 2 aromatic carbocycles. The van der Waals surface area contributed by atoms with Crippen molar-refractivity contribution < 1.29 is 19.1 Å². The maximum Gasteiger partial charge on any atom is 0.294 e. The molecule has 0 unspecified atom stereocenters. The standard InChI is InChI=1S/C26H30N2O4/c1-17-7-6-8-21(18(17)2)27-25(29)16-28-22-9-4-5-10-23(22)32-24(26(28)30)15-19-11-13-20(31-3)14-12-19/h4-5,9-15,17-18,21H,6-8,16H2,1-3H3,(H,27,29)/b24-15-/t17-,18+,21-/m1/s1. The summed E-state index contributed by atoms with van der Waals surface area (Å²) in [4.78, 5) is 27.7. The van der Waals surface area contributed by atoms with Crippen LogP contribution in [0.1, 0.15) is 38.7 Å². The smallest absolute Gasteiger partial charge is 0.294 e. The van der Waals surface area contributed by atoms with Crippen molar-refractivity contribution in [2.24, 2.45) is 11.8 Å². The van der Waals surface area contributed by atoms with Gasteiger partial charge in [-0.2, -0.15) is 0 Å². The normalized spacial score (nSPS) is 24.0. The predicted molar refractivity (Wildman–Crippen MR) is 125 cm³/mol. The molecular weight excluding hydrogens is 404 g/mol. The van der Waals surface area contributed by atoms with Crippen molar-refractivity contribution >= 4 is 23.6 Å². The Kier molecular flexibility index (Phi) is 6.49. The summed E-state index contributed by atoms with van der Waals surface area (Å²) in [6.45, 7) is 4.39. The molecule has 1 aliphatic carbocycles. The van der Waals surface area contributed by atoms with Gasteiger partial charge in [0.25, 0.3) is 5.91 Å². The Balaban J connectivity index is 1.55. The number of anilines is 1. The second-order valence-electron chi connectivity index (χ2n) is 8.68. The lowest BCUT2D eigenvalue weighted by Gasteiger charge is -2.35. The fraction of sp³-hybridized carbons (Fsp3) is 0.385. The Hall–Kier alpha value is -3.28. The highest BCUT2D eigenvalue weighted by Crippen LogP contribution is 2.36. The molecule has 0 aromatic heterocycles. The predicted octanol–water partition coefficient (Wildman–Crippen LogP) is 4.40. The Morgan fingerprint density at radius 1 is 1.16 bits per heavy atom. The van der Waals surface area contributed by atoms with Gasteiger partial charge in [-0.3, -0.25) is 14.5 Å². The van der Waals surface area contributed by atoms with Crippen LogP contribution in [-0.4, -0.2) is 31.5 Å². The highest BCUT2D eigenvalue weighted by molar-refractivity contribution is 6.12. The van der Waals surface area contributed by atoms with Crippen LogP contribution in [0.2, 0.25) is 0 Å². The van der Waals surface area contributed by atoms with E-state index in [2.05, 4.69) is 19.2 Å². The Labute approximate surface area is 189 Å². The van der Waals surface area contributed by atoms with E-state index in [1.165, 1.54) is 11.3 Å². The van der Waals surface area contributed by atoms with Crippen LogP contribution in [0.25, 0.3) is 6.08 Å². The lowest BCUT2D eigenvalue weighted by molar-refractivity contribution is -0.124. The second kappa shape index (κ2) is 9.47. The summed E-state index contributed by atoms with van der Waals surface area (Å²) in [7, 11) is 1.61. The third kappa shape index (κ3) is 4.64. The number of hydrogen-bond donors (Lipinski definition) is 1. The summed E-state index contributed by atoms with van der Waals surface area (Å²) in [5, 5.41) is 3.17. The first kappa shape index (κ1) is 21.9. The third-order valence-electron chi connectivity index (χ3n) is 6.60. The van der Waals surface area contributed by atoms with Crippen LogP contribution in [-0.2, 0) is 9.59 Å². The summed E-state index contributed by atoms with van der Waals surface area (Å²) in [6, 6.07) is 14.8. The van der Waals surface area contributed by atoms with Gasteiger partial charge in [-0.25, -0.2) is 0 Å². The van der Waals surface area contributed by atoms with E-state index in [1.807, 2.05) is 36.4 Å². The van der Waals surface area contributed by atoms with Crippen molar-refractivity contribution in [3.8, 4) is 11.5 Å². The number of amides is 2. The van der Waals surface area contributed by atoms with Gasteiger partial charge in [0.05, 0.1) is 12.8 Å². The second-order valence-corrected chi connectivity index (χ2v) is 8.68. The van der Waals surface area contributed by atoms with Gasteiger partial charge < -0.3 is 14.8 Å². The number of fused-ring (bicyclic) bond motifs is 1. The Morgan fingerprint density at radius 3 is 2.66 bits per heavy atom. The molecule has 2 aliphatic rings. The minimum absolute atomic E-state index is 0.0449. The van der Waals surface area contributed by atoms with Crippen molar-refractivity contribution in [3.05, 3.63) is 59.9 Å². The van der Waals surface area contributed by atoms with E-state index in [0.717, 1.165) is 24.2 Å². The fourth-order valence-electron chi connectivity index (χ4n) is 4.45. The van der Waals surface area contributed by atoms with Gasteiger partial charge in [0.15, 0.2) is 11.5 Å². The Morgan fingerprint density at radius 2 is 1.91 bits per heavy atom. The molecule has 0 radical (unpaired) electrons. The number of benzene rings is 2. The zero-order valence-electron chi connectivity index (χ0n) is 18.8. The van der Waals surface area contributed by atoms with Crippen LogP contribution < -0.4 is 19.7 Å². The molecular formula is C26H30N2O4. The monoisotopic (exact) mass is 434 g/mol. The molecule has 1 heterocycles. The molecule has 168 valence electrons. The maximum atomic E-state index is 13.3. The lowest BCUT2D eigenvalue weighted by atomic mass is 9.78. The van der Waals surface area contributed by atoms with Crippen LogP contribution in [0.4, 0.5) is 5.69 Å². The summed E-state index contributed by atoms with van der Waals surface area (Å²) in [5.41, 5.74) is 1.41. The number of methoxy groups -OCH3 is 1. The van der Waals surface area contributed by atoms with Gasteiger partial charge in [0.1, 0.15) is 12.3 Å². The number of carbonyl (C=O) groups excluding carboxylic acids is 2. The lowest BCUT2D eigenvalue weighted by Crippen LogP contribution is -2.49. The molecule has 4 rings (SSSR count). The number of rotatable bonds is 5. The molecule has 3 atom stereocenters. The zero-order chi connectivity index (χ0) is 22.7. The molecule has 0 bridgehead atoms. The minimum Gasteiger partial charge on any atom is -0.497 e. The van der Waals surface area contributed by atoms with Gasteiger partial charge in [-0.15, -0.1) is 0 Å². The first-order valence-corrected chi connectivity index (χ1v) is 11.2. The van der Waals surface area contributed by atoms with E-state index < -0.39 is 0 Å². The number of nitrogens with one attached hydrogen (secondary N) is 1. The fourth-order valence-corrected chi connectivity index (χ4v) is 4.45. The zero-order valence-corrected chi connectivity index (χ0v) is 18.8. The van der Waals surface area contributed by atoms with E-state index >= 15 is 0 Å². The highest BCUT2D eigenvalue weighted by Gasteiger charge is 2.33. The van der Waals surface area contributed by atoms with Gasteiger partial charge in [-0.1, -0.05) is 51.0 Å². The van der Waals surface area contributed by atoms with E-state index in [1.54, 1.807) is 25.3 Å². The van der Waals surface area contributed by atoms with Crippen LogP contribution in [0.15, 0.2) is 54.3 Å². The molecule has 0 saturated heterocycles. The maximum absolute atomic E-state index is 13.3. The summed E-state index contributed by atoms with van der Waals surface area (Å²) in [5.74, 6) is 1.99. The van der Waals surface area contributed by atoms with Gasteiger partial charge in [-0.05, 0) is 54.2 Å². The first-order chi connectivity index (χ1) is 15.5. The van der Waals surface area contributed by atoms with Crippen LogP contribution in [0, 0.1) is 11.8 Å². The number of para-hydroxylation sites is 2. The van der Waals surface area contributed by atoms with Crippen LogP contribution in [0.5, 0.6) is 11.5 Å². The number of hydrogen-bond acceptors (Lipinski definition) is 4. The van der Waals surface area contributed by atoms with Crippen LogP contribution >= 0.6 is 0 Å². The van der Waals surface area contributed by atoms with Gasteiger partial charge in [0.2, 0.25) is 5.91 Å². The molecule has 32 heavy (non-hydrogen) atoms. The summed E-state index contributed by atoms with van der Waals surface area (Å²) in [6.07, 6.45) is 4.98. The summed E-state index contributed by atoms with van der Waals surface area (Å²) >= 11 is 0. The largest absolute Gasteiger partial charge is 0.497 e. The highest BCUT2D eigenvalue weighted by atomic mass is 16.5. The van der Waals surface area contributed by atoms with Crippen LogP contribution in [0.3, 0.4) is 0 Å². The molecule has 1 fully saturated rings. The number of nitrogens with zero attached hydrogens (tertiary/aromatic N) is 1. The SMILES string of the molecule is COc1ccc(/C=C2\Oc3ccccc3N(CC(=O)N[C@@H]3CCC[C@@H](C)[C@@H]3C)C2=O)cc1. The molecule has 0 spiro atoms. The molecule has 6 heteroatoms. The first-order valence-electron chi connectivity index (χ1n) is 11.2. The molecule has 1 aliphatic heterocycles. The molecule has 6 nitrogen and oxygen atoms in total. The van der Waals surface area contributed by atoms with E-state index in [-0.39, 0.29) is 30.2 Å². The Bertz CT molecular complexity index is 1010. The molecule has 1 saturated carbocycles. The van der Waals surface area contributed by atoms with E-state index in [9.17, 15) is 9.59 Å². The number of carbonyl (C=O) groups is 2. The van der Waals surface area contributed by atoms with Crippen molar-refractivity contribution in [1.82, 2.24) is 5.32 Å². The number of ether oxygens (including phenoxy) is 2. The van der Waals surface area contributed by atoms with Gasteiger partial charge in [0, 0.05) is 6.04 Å². The average molecular weight is 435 g/mol. The van der Waals surface area contributed by atoms with E-state index in [0.29, 0.717) is 23.3 Å². The van der Waals surface area contributed by atoms with Crippen molar-refractivity contribution in [2.45, 2.75) is 39.2 Å². The average Bonchev–Trinajstić information content (AvgIpc) is 2.80. The van der Waals surface area contributed by atoms with Crippen molar-refractivity contribution in [3.63, 3.8) is 0 Å². The van der Waals surface area contributed by atoms with Gasteiger partial charge >= 0.3 is 0 Å². The van der Waals surface area contributed by atoms with E-state index in [4.69, 9.17) is 9.47 Å². The quantitative estimate of drug-likeness (QED) is 0.708. The van der Waals surface area contributed by atoms with Crippen molar-refractivity contribution in [2.75, 3.05) is 18.6 Å². The third-order valence-corrected chi connectivity index (χ3v) is 6.60. The van der Waals surface area contributed by atoms with Crippen molar-refractivity contribution in [1.29, 1.82) is 0 Å². The summed E-state index contributed by atoms with van der Waals surface area (Å²) < 4.78 is 11.1. The minimum atomic E-state index is -0.334. The molecule has 2 amide bonds. The molecule has 1 N–H and O–H groups in total. The molecule has 2 aromatic rings.